The van der Waals surface area contributed by atoms with Crippen molar-refractivity contribution in [3.63, 3.8) is 0 Å². The SMILES string of the molecule is Cc1c(-c2ccccc2)sc(NC(=O)Cn2cnc(C#N)n2)c1C(=O)N1CCOCC1. The molecule has 158 valence electrons. The van der Waals surface area contributed by atoms with Gasteiger partial charge in [-0.15, -0.1) is 16.4 Å². The Hall–Kier alpha value is -3.55. The predicted octanol–water partition coefficient (Wildman–Crippen LogP) is 2.30. The van der Waals surface area contributed by atoms with Crippen LogP contribution < -0.4 is 5.32 Å². The zero-order valence-corrected chi connectivity index (χ0v) is 17.7. The third kappa shape index (κ3) is 4.47. The lowest BCUT2D eigenvalue weighted by atomic mass is 10.1. The summed E-state index contributed by atoms with van der Waals surface area (Å²) in [5, 5.41) is 16.1. The van der Waals surface area contributed by atoms with Crippen molar-refractivity contribution >= 4 is 28.2 Å². The molecule has 1 aliphatic rings. The second-order valence-corrected chi connectivity index (χ2v) is 7.98. The molecule has 1 aromatic carbocycles. The van der Waals surface area contributed by atoms with Crippen LogP contribution in [-0.2, 0) is 16.1 Å². The summed E-state index contributed by atoms with van der Waals surface area (Å²) in [4.78, 5) is 32.5. The van der Waals surface area contributed by atoms with Gasteiger partial charge >= 0.3 is 0 Å². The van der Waals surface area contributed by atoms with E-state index in [1.54, 1.807) is 4.90 Å². The van der Waals surface area contributed by atoms with E-state index in [9.17, 15) is 9.59 Å². The highest BCUT2D eigenvalue weighted by Crippen LogP contribution is 2.40. The minimum absolute atomic E-state index is 0.00526. The molecule has 0 saturated carbocycles. The van der Waals surface area contributed by atoms with Crippen molar-refractivity contribution in [3.8, 4) is 16.5 Å². The van der Waals surface area contributed by atoms with Gasteiger partial charge in [-0.3, -0.25) is 9.59 Å². The molecular formula is C21H20N6O3S. The number of nitrogens with zero attached hydrogens (tertiary/aromatic N) is 5. The summed E-state index contributed by atoms with van der Waals surface area (Å²) in [5.74, 6) is -0.484. The largest absolute Gasteiger partial charge is 0.378 e. The van der Waals surface area contributed by atoms with Gasteiger partial charge in [0, 0.05) is 18.0 Å². The first-order valence-electron chi connectivity index (χ1n) is 9.72. The van der Waals surface area contributed by atoms with Gasteiger partial charge in [0.15, 0.2) is 0 Å². The molecule has 1 N–H and O–H groups in total. The van der Waals surface area contributed by atoms with Crippen molar-refractivity contribution in [3.05, 3.63) is 53.6 Å². The third-order valence-corrected chi connectivity index (χ3v) is 6.15. The second-order valence-electron chi connectivity index (χ2n) is 6.96. The molecule has 0 radical (unpaired) electrons. The zero-order valence-electron chi connectivity index (χ0n) is 16.9. The Balaban J connectivity index is 1.65. The van der Waals surface area contributed by atoms with E-state index in [-0.39, 0.29) is 24.2 Å². The molecule has 9 nitrogen and oxygen atoms in total. The normalized spacial score (nSPS) is 13.6. The summed E-state index contributed by atoms with van der Waals surface area (Å²) < 4.78 is 6.65. The minimum atomic E-state index is -0.355. The number of carbonyl (C=O) groups is 2. The number of anilines is 1. The fourth-order valence-electron chi connectivity index (χ4n) is 3.38. The van der Waals surface area contributed by atoms with Crippen LogP contribution in [0.5, 0.6) is 0 Å². The van der Waals surface area contributed by atoms with E-state index in [1.807, 2.05) is 43.3 Å². The average molecular weight is 436 g/mol. The summed E-state index contributed by atoms with van der Waals surface area (Å²) in [7, 11) is 0. The molecule has 1 aliphatic heterocycles. The number of hydrogen-bond donors (Lipinski definition) is 1. The van der Waals surface area contributed by atoms with Crippen LogP contribution in [0.25, 0.3) is 10.4 Å². The van der Waals surface area contributed by atoms with Gasteiger partial charge in [-0.25, -0.2) is 9.67 Å². The highest BCUT2D eigenvalue weighted by molar-refractivity contribution is 7.20. The summed E-state index contributed by atoms with van der Waals surface area (Å²) in [5.41, 5.74) is 2.31. The molecule has 1 saturated heterocycles. The van der Waals surface area contributed by atoms with Crippen molar-refractivity contribution in [2.24, 2.45) is 0 Å². The highest BCUT2D eigenvalue weighted by atomic mass is 32.1. The summed E-state index contributed by atoms with van der Waals surface area (Å²) in [6.07, 6.45) is 1.33. The van der Waals surface area contributed by atoms with Crippen LogP contribution in [0.15, 0.2) is 36.7 Å². The van der Waals surface area contributed by atoms with E-state index in [0.29, 0.717) is 36.9 Å². The molecule has 4 rings (SSSR count). The van der Waals surface area contributed by atoms with Crippen molar-refractivity contribution in [2.45, 2.75) is 13.5 Å². The Morgan fingerprint density at radius 3 is 2.68 bits per heavy atom. The number of hydrogen-bond acceptors (Lipinski definition) is 7. The van der Waals surface area contributed by atoms with Gasteiger partial charge in [-0.2, -0.15) is 5.26 Å². The van der Waals surface area contributed by atoms with E-state index in [4.69, 9.17) is 10.00 Å². The van der Waals surface area contributed by atoms with E-state index in [0.717, 1.165) is 16.0 Å². The molecule has 2 amide bonds. The van der Waals surface area contributed by atoms with Crippen molar-refractivity contribution < 1.29 is 14.3 Å². The number of amides is 2. The van der Waals surface area contributed by atoms with Crippen LogP contribution in [0.4, 0.5) is 5.00 Å². The fourth-order valence-corrected chi connectivity index (χ4v) is 4.60. The first-order chi connectivity index (χ1) is 15.1. The molecular weight excluding hydrogens is 416 g/mol. The topological polar surface area (TPSA) is 113 Å². The maximum Gasteiger partial charge on any atom is 0.257 e. The number of benzene rings is 1. The maximum absolute atomic E-state index is 13.3. The summed E-state index contributed by atoms with van der Waals surface area (Å²) in [6, 6.07) is 11.6. The molecule has 0 aliphatic carbocycles. The van der Waals surface area contributed by atoms with Crippen molar-refractivity contribution in [1.82, 2.24) is 19.7 Å². The van der Waals surface area contributed by atoms with Crippen LogP contribution in [-0.4, -0.2) is 57.8 Å². The number of nitriles is 1. The molecule has 2 aromatic heterocycles. The quantitative estimate of drug-likeness (QED) is 0.657. The number of nitrogens with one attached hydrogen (secondary N) is 1. The van der Waals surface area contributed by atoms with Crippen LogP contribution in [0.2, 0.25) is 0 Å². The van der Waals surface area contributed by atoms with E-state index in [1.165, 1.54) is 22.3 Å². The van der Waals surface area contributed by atoms with Gasteiger partial charge in [0.2, 0.25) is 5.91 Å². The summed E-state index contributed by atoms with van der Waals surface area (Å²) in [6.45, 7) is 3.80. The van der Waals surface area contributed by atoms with Gasteiger partial charge in [0.25, 0.3) is 11.7 Å². The molecule has 0 unspecified atom stereocenters. The maximum atomic E-state index is 13.3. The van der Waals surface area contributed by atoms with Crippen molar-refractivity contribution in [1.29, 1.82) is 5.26 Å². The third-order valence-electron chi connectivity index (χ3n) is 4.89. The number of morpholine rings is 1. The van der Waals surface area contributed by atoms with Crippen LogP contribution >= 0.6 is 11.3 Å². The average Bonchev–Trinajstić information content (AvgIpc) is 3.38. The molecule has 31 heavy (non-hydrogen) atoms. The first kappa shape index (κ1) is 20.7. The smallest absolute Gasteiger partial charge is 0.257 e. The minimum Gasteiger partial charge on any atom is -0.378 e. The fraction of sp³-hybridized carbons (Fsp3) is 0.286. The molecule has 3 aromatic rings. The summed E-state index contributed by atoms with van der Waals surface area (Å²) >= 11 is 1.37. The second kappa shape index (κ2) is 9.07. The Bertz CT molecular complexity index is 1140. The Morgan fingerprint density at radius 1 is 1.26 bits per heavy atom. The molecule has 0 bridgehead atoms. The predicted molar refractivity (Wildman–Crippen MR) is 115 cm³/mol. The first-order valence-corrected chi connectivity index (χ1v) is 10.5. The molecule has 0 spiro atoms. The molecule has 10 heteroatoms. The number of thiophene rings is 1. The van der Waals surface area contributed by atoms with Crippen molar-refractivity contribution in [2.75, 3.05) is 31.6 Å². The number of rotatable bonds is 5. The lowest BCUT2D eigenvalue weighted by Gasteiger charge is -2.27. The van der Waals surface area contributed by atoms with Gasteiger partial charge < -0.3 is 15.0 Å². The van der Waals surface area contributed by atoms with E-state index in [2.05, 4.69) is 15.4 Å². The number of aromatic nitrogens is 3. The van der Waals surface area contributed by atoms with Crippen LogP contribution in [0.3, 0.4) is 0 Å². The number of carbonyl (C=O) groups excluding carboxylic acids is 2. The van der Waals surface area contributed by atoms with E-state index >= 15 is 0 Å². The lowest BCUT2D eigenvalue weighted by Crippen LogP contribution is -2.41. The Morgan fingerprint density at radius 2 is 2.00 bits per heavy atom. The lowest BCUT2D eigenvalue weighted by molar-refractivity contribution is -0.116. The standard InChI is InChI=1S/C21H20N6O3S/c1-14-18(21(29)26-7-9-30-10-8-26)20(31-19(14)15-5-3-2-4-6-15)24-17(28)12-27-13-23-16(11-22)25-27/h2-6,13H,7-10,12H2,1H3,(H,24,28). The van der Waals surface area contributed by atoms with Gasteiger partial charge in [-0.1, -0.05) is 30.3 Å². The Kier molecular flexibility index (Phi) is 6.06. The zero-order chi connectivity index (χ0) is 21.8. The van der Waals surface area contributed by atoms with E-state index < -0.39 is 0 Å². The Labute approximate surface area is 182 Å². The van der Waals surface area contributed by atoms with Gasteiger partial charge in [0.1, 0.15) is 23.9 Å². The van der Waals surface area contributed by atoms with Gasteiger partial charge in [-0.05, 0) is 18.1 Å². The molecule has 1 fully saturated rings. The number of ether oxygens (including phenoxy) is 1. The van der Waals surface area contributed by atoms with Crippen LogP contribution in [0, 0.1) is 18.3 Å². The highest BCUT2D eigenvalue weighted by Gasteiger charge is 2.28. The molecule has 3 heterocycles. The molecule has 0 atom stereocenters. The monoisotopic (exact) mass is 436 g/mol. The van der Waals surface area contributed by atoms with Gasteiger partial charge in [0.05, 0.1) is 18.8 Å². The van der Waals surface area contributed by atoms with Crippen LogP contribution in [0.1, 0.15) is 21.7 Å².